The summed E-state index contributed by atoms with van der Waals surface area (Å²) in [5.74, 6) is -1.27. The van der Waals surface area contributed by atoms with E-state index in [2.05, 4.69) is 15.8 Å². The molecule has 0 radical (unpaired) electrons. The van der Waals surface area contributed by atoms with Crippen LogP contribution in [-0.2, 0) is 27.5 Å². The van der Waals surface area contributed by atoms with E-state index in [0.717, 1.165) is 10.1 Å². The van der Waals surface area contributed by atoms with E-state index < -0.39 is 29.8 Å². The van der Waals surface area contributed by atoms with Crippen molar-refractivity contribution in [3.8, 4) is 11.4 Å². The number of Topliss-reactive ketones (excluding diaryl/α,β-unsaturated/α-hetero) is 1. The van der Waals surface area contributed by atoms with Crippen LogP contribution in [0.3, 0.4) is 0 Å². The molecular formula is C29H40N4O6. The number of carbonyl (C=O) groups excluding carboxylic acids is 3. The molecule has 2 atom stereocenters. The van der Waals surface area contributed by atoms with Gasteiger partial charge in [-0.2, -0.15) is 0 Å². The number of benzene rings is 2. The normalized spacial score (nSPS) is 12.7. The van der Waals surface area contributed by atoms with E-state index in [1.54, 1.807) is 24.3 Å². The number of rotatable bonds is 13. The molecule has 10 heteroatoms. The topological polar surface area (TPSA) is 133 Å². The predicted molar refractivity (Wildman–Crippen MR) is 150 cm³/mol. The monoisotopic (exact) mass is 540 g/mol. The third kappa shape index (κ3) is 8.94. The van der Waals surface area contributed by atoms with Crippen molar-refractivity contribution in [1.82, 2.24) is 20.4 Å². The Morgan fingerprint density at radius 3 is 2.10 bits per heavy atom. The van der Waals surface area contributed by atoms with E-state index in [4.69, 9.17) is 9.26 Å². The van der Waals surface area contributed by atoms with Crippen LogP contribution >= 0.6 is 0 Å². The van der Waals surface area contributed by atoms with Gasteiger partial charge < -0.3 is 15.4 Å². The zero-order valence-corrected chi connectivity index (χ0v) is 22.8. The molecule has 212 valence electrons. The number of hydrogen-bond acceptors (Lipinski definition) is 7. The first-order valence-electron chi connectivity index (χ1n) is 13.1. The van der Waals surface area contributed by atoms with Gasteiger partial charge in [-0.1, -0.05) is 93.5 Å². The predicted octanol–water partition coefficient (Wildman–Crippen LogP) is 4.44. The highest BCUT2D eigenvalue weighted by Crippen LogP contribution is 2.16. The lowest BCUT2D eigenvalue weighted by Crippen LogP contribution is -2.53. The average Bonchev–Trinajstić information content (AvgIpc) is 3.27. The third-order valence-corrected chi connectivity index (χ3v) is 5.97. The summed E-state index contributed by atoms with van der Waals surface area (Å²) in [6, 6.07) is 16.3. The summed E-state index contributed by atoms with van der Waals surface area (Å²) in [6.45, 7) is 7.45. The molecule has 0 bridgehead atoms. The number of amides is 2. The van der Waals surface area contributed by atoms with Gasteiger partial charge in [-0.15, -0.1) is 0 Å². The Bertz CT molecular complexity index is 1300. The summed E-state index contributed by atoms with van der Waals surface area (Å²) >= 11 is 0. The maximum Gasteiger partial charge on any atom is 0.442 e. The summed E-state index contributed by atoms with van der Waals surface area (Å²) in [6.07, 6.45) is -0.0362. The van der Waals surface area contributed by atoms with Gasteiger partial charge >= 0.3 is 11.8 Å². The maximum atomic E-state index is 13.4. The van der Waals surface area contributed by atoms with Crippen LogP contribution in [0, 0.1) is 11.8 Å². The van der Waals surface area contributed by atoms with Gasteiger partial charge in [0.2, 0.25) is 5.91 Å². The van der Waals surface area contributed by atoms with E-state index >= 15 is 0 Å². The van der Waals surface area contributed by atoms with Crippen molar-refractivity contribution < 1.29 is 26.5 Å². The molecule has 39 heavy (non-hydrogen) atoms. The molecule has 0 aliphatic heterocycles. The molecule has 3 rings (SSSR count). The highest BCUT2D eigenvalue weighted by atomic mass is 16.5. The fourth-order valence-electron chi connectivity index (χ4n) is 4.09. The molecule has 0 saturated carbocycles. The second kappa shape index (κ2) is 14.1. The number of hydrogen-bond donors (Lipinski definition) is 2. The van der Waals surface area contributed by atoms with Crippen molar-refractivity contribution in [3.63, 3.8) is 0 Å². The van der Waals surface area contributed by atoms with Crippen LogP contribution in [0.2, 0.25) is 0 Å². The van der Waals surface area contributed by atoms with E-state index in [1.807, 2.05) is 64.1 Å². The molecule has 1 aromatic heterocycles. The van der Waals surface area contributed by atoms with Gasteiger partial charge in [-0.3, -0.25) is 14.1 Å². The maximum absolute atomic E-state index is 13.4. The first-order valence-corrected chi connectivity index (χ1v) is 13.1. The minimum atomic E-state index is -0.908. The summed E-state index contributed by atoms with van der Waals surface area (Å²) < 4.78 is 11.3. The second-order valence-corrected chi connectivity index (χ2v) is 10.3. The molecule has 0 aliphatic rings. The van der Waals surface area contributed by atoms with Crippen molar-refractivity contribution in [2.75, 3.05) is 0 Å². The lowest BCUT2D eigenvalue weighted by Gasteiger charge is -2.25. The Morgan fingerprint density at radius 1 is 0.897 bits per heavy atom. The Hall–Kier alpha value is -4.21. The fourth-order valence-corrected chi connectivity index (χ4v) is 4.09. The quantitative estimate of drug-likeness (QED) is 0.328. The largest absolute Gasteiger partial charge is 0.445 e. The minimum absolute atomic E-state index is 0. The van der Waals surface area contributed by atoms with Crippen molar-refractivity contribution in [1.29, 1.82) is 0 Å². The van der Waals surface area contributed by atoms with E-state index in [9.17, 15) is 19.2 Å². The molecule has 2 amide bonds. The summed E-state index contributed by atoms with van der Waals surface area (Å²) in [5.41, 5.74) is 1.44. The zero-order valence-electron chi connectivity index (χ0n) is 22.8. The molecule has 1 heterocycles. The summed E-state index contributed by atoms with van der Waals surface area (Å²) in [4.78, 5) is 51.6. The number of carbonyl (C=O) groups is 3. The molecule has 0 aliphatic carbocycles. The highest BCUT2D eigenvalue weighted by Gasteiger charge is 2.29. The number of ketones is 1. The first-order chi connectivity index (χ1) is 18.6. The average molecular weight is 541 g/mol. The molecule has 0 saturated heterocycles. The molecular weight excluding hydrogens is 500 g/mol. The number of nitrogens with zero attached hydrogens (tertiary/aromatic N) is 2. The van der Waals surface area contributed by atoms with Gasteiger partial charge in [0.05, 0.1) is 12.6 Å². The summed E-state index contributed by atoms with van der Waals surface area (Å²) in [5, 5.41) is 9.26. The van der Waals surface area contributed by atoms with Gasteiger partial charge in [-0.05, 0) is 30.2 Å². The Labute approximate surface area is 230 Å². The van der Waals surface area contributed by atoms with Crippen LogP contribution in [0.25, 0.3) is 11.4 Å². The zero-order chi connectivity index (χ0) is 28.4. The van der Waals surface area contributed by atoms with Crippen LogP contribution in [0.4, 0.5) is 4.79 Å². The smallest absolute Gasteiger partial charge is 0.442 e. The fraction of sp³-hybridized carbons (Fsp3) is 0.414. The molecule has 10 nitrogen and oxygen atoms in total. The SMILES string of the molecule is CC(C)C[C@H](NC(=O)[C@H](CC(C)C)NC(=O)OCc1ccccc1)C(=O)Cn1c(-c2ccccc2)noc1=O.[HH].[HH]. The lowest BCUT2D eigenvalue weighted by molar-refractivity contribution is -0.129. The standard InChI is InChI=1S/C29H36N4O6.2H2/c1-19(2)15-23(25(34)17-33-26(32-39-29(33)37)22-13-9-6-10-14-22)30-27(35)24(16-20(3)4)31-28(36)38-18-21-11-7-5-8-12-21;;/h5-14,19-20,23-24H,15-18H2,1-4H3,(H,30,35)(H,31,36);2*1H/t23-,24-;;/m0../s1. The highest BCUT2D eigenvalue weighted by molar-refractivity contribution is 5.92. The lowest BCUT2D eigenvalue weighted by atomic mass is 9.98. The van der Waals surface area contributed by atoms with E-state index in [-0.39, 0.29) is 39.4 Å². The van der Waals surface area contributed by atoms with E-state index in [1.165, 1.54) is 0 Å². The van der Waals surface area contributed by atoms with Crippen LogP contribution in [0.15, 0.2) is 70.0 Å². The van der Waals surface area contributed by atoms with Gasteiger partial charge in [0, 0.05) is 8.42 Å². The second-order valence-electron chi connectivity index (χ2n) is 10.3. The van der Waals surface area contributed by atoms with Crippen molar-refractivity contribution >= 4 is 17.8 Å². The first kappa shape index (κ1) is 29.3. The van der Waals surface area contributed by atoms with Crippen LogP contribution in [0.5, 0.6) is 0 Å². The molecule has 2 aromatic carbocycles. The number of ether oxygens (including phenoxy) is 1. The van der Waals surface area contributed by atoms with Crippen LogP contribution in [-0.4, -0.2) is 39.6 Å². The Morgan fingerprint density at radius 2 is 1.49 bits per heavy atom. The minimum Gasteiger partial charge on any atom is -0.445 e. The number of alkyl carbamates (subject to hydrolysis) is 1. The van der Waals surface area contributed by atoms with Crippen LogP contribution in [0.1, 0.15) is 49.0 Å². The Balaban J connectivity index is 0.00000420. The molecule has 0 unspecified atom stereocenters. The molecule has 0 spiro atoms. The van der Waals surface area contributed by atoms with Crippen molar-refractivity contribution in [2.45, 2.75) is 65.8 Å². The third-order valence-electron chi connectivity index (χ3n) is 5.97. The molecule has 2 N–H and O–H groups in total. The van der Waals surface area contributed by atoms with E-state index in [0.29, 0.717) is 18.4 Å². The molecule has 3 aromatic rings. The van der Waals surface area contributed by atoms with Gasteiger partial charge in [-0.25, -0.2) is 14.2 Å². The van der Waals surface area contributed by atoms with Gasteiger partial charge in [0.15, 0.2) is 11.6 Å². The van der Waals surface area contributed by atoms with Gasteiger partial charge in [0.1, 0.15) is 12.6 Å². The number of aromatic nitrogens is 2. The molecule has 0 fully saturated rings. The van der Waals surface area contributed by atoms with Crippen LogP contribution < -0.4 is 16.4 Å². The van der Waals surface area contributed by atoms with Gasteiger partial charge in [0.25, 0.3) is 0 Å². The Kier molecular flexibility index (Phi) is 10.6. The number of nitrogens with one attached hydrogen (secondary N) is 2. The summed E-state index contributed by atoms with van der Waals surface area (Å²) in [7, 11) is 0. The van der Waals surface area contributed by atoms with Crippen molar-refractivity contribution in [3.05, 3.63) is 76.8 Å². The van der Waals surface area contributed by atoms with Crippen molar-refractivity contribution in [2.24, 2.45) is 11.8 Å².